The van der Waals surface area contributed by atoms with Crippen LogP contribution in [0.2, 0.25) is 0 Å². The highest BCUT2D eigenvalue weighted by Gasteiger charge is 2.40. The molecule has 1 saturated heterocycles. The van der Waals surface area contributed by atoms with Gasteiger partial charge in [0, 0.05) is 49.4 Å². The molecule has 1 atom stereocenters. The van der Waals surface area contributed by atoms with Gasteiger partial charge in [0.15, 0.2) is 0 Å². The Labute approximate surface area is 169 Å². The number of hydrogen-bond donors (Lipinski definition) is 2. The quantitative estimate of drug-likeness (QED) is 0.715. The Bertz CT molecular complexity index is 1030. The molecule has 7 nitrogen and oxygen atoms in total. The Kier molecular flexibility index (Phi) is 4.77. The number of amides is 1. The van der Waals surface area contributed by atoms with Crippen molar-refractivity contribution < 1.29 is 9.53 Å². The lowest BCUT2D eigenvalue weighted by atomic mass is 9.71. The summed E-state index contributed by atoms with van der Waals surface area (Å²) in [5.41, 5.74) is 2.16. The van der Waals surface area contributed by atoms with Crippen LogP contribution in [0.15, 0.2) is 42.9 Å². The average Bonchev–Trinajstić information content (AvgIpc) is 3.13. The van der Waals surface area contributed by atoms with Gasteiger partial charge in [0.1, 0.15) is 5.82 Å². The Balaban J connectivity index is 1.26. The zero-order valence-electron chi connectivity index (χ0n) is 16.5. The summed E-state index contributed by atoms with van der Waals surface area (Å²) >= 11 is 0. The number of aryl methyl sites for hydroxylation is 1. The lowest BCUT2D eigenvalue weighted by Gasteiger charge is -2.40. The molecule has 1 aliphatic carbocycles. The fraction of sp³-hybridized carbons (Fsp3) is 0.409. The van der Waals surface area contributed by atoms with Crippen molar-refractivity contribution in [2.24, 2.45) is 18.9 Å². The number of carbonyl (C=O) groups is 1. The molecule has 29 heavy (non-hydrogen) atoms. The average molecular weight is 391 g/mol. The largest absolute Gasteiger partial charge is 0.375 e. The van der Waals surface area contributed by atoms with Crippen LogP contribution in [0, 0.1) is 11.8 Å². The fourth-order valence-corrected chi connectivity index (χ4v) is 4.26. The smallest absolute Gasteiger partial charge is 0.228 e. The van der Waals surface area contributed by atoms with Gasteiger partial charge < -0.3 is 15.4 Å². The number of anilines is 1. The molecule has 2 N–H and O–H groups in total. The van der Waals surface area contributed by atoms with Crippen molar-refractivity contribution >= 4 is 22.5 Å². The van der Waals surface area contributed by atoms with E-state index < -0.39 is 0 Å². The second kappa shape index (κ2) is 7.57. The molecule has 2 fully saturated rings. The maximum Gasteiger partial charge on any atom is 0.228 e. The molecule has 1 unspecified atom stereocenters. The SMILES string of the molecule is Cn1cc(-c2ccc3cnc(NC(=O)C4CC(C5CNCCO5)C4)cc3c2)cn1. The fourth-order valence-electron chi connectivity index (χ4n) is 4.26. The zero-order valence-corrected chi connectivity index (χ0v) is 16.5. The minimum atomic E-state index is 0.0461. The minimum absolute atomic E-state index is 0.0461. The van der Waals surface area contributed by atoms with Gasteiger partial charge >= 0.3 is 0 Å². The number of nitrogens with zero attached hydrogens (tertiary/aromatic N) is 3. The number of ether oxygens (including phenoxy) is 1. The Morgan fingerprint density at radius 2 is 2.10 bits per heavy atom. The molecule has 2 aliphatic rings. The Morgan fingerprint density at radius 1 is 1.21 bits per heavy atom. The van der Waals surface area contributed by atoms with E-state index in [2.05, 4.69) is 32.8 Å². The van der Waals surface area contributed by atoms with Crippen LogP contribution in [0.4, 0.5) is 5.82 Å². The molecular weight excluding hydrogens is 366 g/mol. The summed E-state index contributed by atoms with van der Waals surface area (Å²) in [5, 5.41) is 12.7. The summed E-state index contributed by atoms with van der Waals surface area (Å²) in [6, 6.07) is 8.16. The van der Waals surface area contributed by atoms with Crippen molar-refractivity contribution in [3.8, 4) is 11.1 Å². The number of morpholine rings is 1. The van der Waals surface area contributed by atoms with Crippen LogP contribution in [0.5, 0.6) is 0 Å². The number of aromatic nitrogens is 3. The zero-order chi connectivity index (χ0) is 19.8. The van der Waals surface area contributed by atoms with Gasteiger partial charge in [-0.1, -0.05) is 12.1 Å². The predicted molar refractivity (Wildman–Crippen MR) is 111 cm³/mol. The van der Waals surface area contributed by atoms with Gasteiger partial charge in [-0.3, -0.25) is 9.48 Å². The van der Waals surface area contributed by atoms with Crippen molar-refractivity contribution in [1.82, 2.24) is 20.1 Å². The van der Waals surface area contributed by atoms with E-state index in [9.17, 15) is 4.79 Å². The predicted octanol–water partition coefficient (Wildman–Crippen LogP) is 2.59. The number of hydrogen-bond acceptors (Lipinski definition) is 5. The Morgan fingerprint density at radius 3 is 2.86 bits per heavy atom. The molecule has 1 aromatic carbocycles. The first-order valence-electron chi connectivity index (χ1n) is 10.2. The third kappa shape index (κ3) is 3.75. The number of fused-ring (bicyclic) bond motifs is 1. The molecule has 3 heterocycles. The summed E-state index contributed by atoms with van der Waals surface area (Å²) in [6.07, 6.45) is 7.67. The summed E-state index contributed by atoms with van der Waals surface area (Å²) in [5.74, 6) is 1.18. The van der Waals surface area contributed by atoms with E-state index in [1.165, 1.54) is 0 Å². The van der Waals surface area contributed by atoms with Crippen LogP contribution in [0.25, 0.3) is 21.9 Å². The van der Waals surface area contributed by atoms with E-state index in [0.29, 0.717) is 11.7 Å². The molecule has 0 bridgehead atoms. The van der Waals surface area contributed by atoms with Crippen LogP contribution in [0.3, 0.4) is 0 Å². The first-order chi connectivity index (χ1) is 14.2. The van der Waals surface area contributed by atoms with Gasteiger partial charge in [-0.2, -0.15) is 5.10 Å². The first-order valence-corrected chi connectivity index (χ1v) is 10.2. The standard InChI is InChI=1S/C22H25N5O2/c1-27-13-19(11-25-27)14-2-3-15-10-24-21(9-16(15)6-14)26-22(28)18-7-17(8-18)20-12-23-4-5-29-20/h2-3,6,9-11,13,17-18,20,23H,4-5,7-8,12H2,1H3,(H,24,26,28). The number of pyridine rings is 1. The molecule has 1 amide bonds. The molecular formula is C22H25N5O2. The third-order valence-corrected chi connectivity index (χ3v) is 6.04. The lowest BCUT2D eigenvalue weighted by Crippen LogP contribution is -2.48. The highest BCUT2D eigenvalue weighted by atomic mass is 16.5. The highest BCUT2D eigenvalue weighted by Crippen LogP contribution is 2.38. The minimum Gasteiger partial charge on any atom is -0.375 e. The molecule has 0 radical (unpaired) electrons. The van der Waals surface area contributed by atoms with E-state index >= 15 is 0 Å². The van der Waals surface area contributed by atoms with Crippen LogP contribution in [0.1, 0.15) is 12.8 Å². The number of nitrogens with one attached hydrogen (secondary N) is 2. The Hall–Kier alpha value is -2.77. The summed E-state index contributed by atoms with van der Waals surface area (Å²) in [4.78, 5) is 17.1. The van der Waals surface area contributed by atoms with Gasteiger partial charge in [0.2, 0.25) is 5.91 Å². The number of rotatable bonds is 4. The first kappa shape index (κ1) is 18.3. The van der Waals surface area contributed by atoms with E-state index in [1.807, 2.05) is 37.8 Å². The topological polar surface area (TPSA) is 81.1 Å². The molecule has 7 heteroatoms. The second-order valence-corrected chi connectivity index (χ2v) is 8.07. The van der Waals surface area contributed by atoms with Gasteiger partial charge in [0.05, 0.1) is 18.9 Å². The molecule has 3 aromatic rings. The summed E-state index contributed by atoms with van der Waals surface area (Å²) in [6.45, 7) is 2.58. The van der Waals surface area contributed by atoms with E-state index in [0.717, 1.165) is 54.4 Å². The molecule has 0 spiro atoms. The number of carbonyl (C=O) groups excluding carboxylic acids is 1. The van der Waals surface area contributed by atoms with Crippen LogP contribution >= 0.6 is 0 Å². The lowest BCUT2D eigenvalue weighted by molar-refractivity contribution is -0.127. The van der Waals surface area contributed by atoms with Crippen LogP contribution < -0.4 is 10.6 Å². The third-order valence-electron chi connectivity index (χ3n) is 6.04. The number of benzene rings is 1. The van der Waals surface area contributed by atoms with Gasteiger partial charge in [-0.15, -0.1) is 0 Å². The van der Waals surface area contributed by atoms with Crippen LogP contribution in [-0.4, -0.2) is 46.5 Å². The molecule has 1 saturated carbocycles. The molecule has 150 valence electrons. The van der Waals surface area contributed by atoms with Crippen molar-refractivity contribution in [3.63, 3.8) is 0 Å². The molecule has 1 aliphatic heterocycles. The van der Waals surface area contributed by atoms with Gasteiger partial charge in [-0.25, -0.2) is 4.98 Å². The highest BCUT2D eigenvalue weighted by molar-refractivity contribution is 5.95. The second-order valence-electron chi connectivity index (χ2n) is 8.07. The van der Waals surface area contributed by atoms with Crippen molar-refractivity contribution in [1.29, 1.82) is 0 Å². The van der Waals surface area contributed by atoms with Crippen LogP contribution in [-0.2, 0) is 16.6 Å². The van der Waals surface area contributed by atoms with Crippen molar-refractivity contribution in [2.75, 3.05) is 25.0 Å². The van der Waals surface area contributed by atoms with E-state index in [1.54, 1.807) is 4.68 Å². The van der Waals surface area contributed by atoms with Gasteiger partial charge in [-0.05, 0) is 41.8 Å². The van der Waals surface area contributed by atoms with Crippen molar-refractivity contribution in [2.45, 2.75) is 18.9 Å². The monoisotopic (exact) mass is 391 g/mol. The summed E-state index contributed by atoms with van der Waals surface area (Å²) in [7, 11) is 1.91. The normalized spacial score (nSPS) is 24.2. The van der Waals surface area contributed by atoms with E-state index in [4.69, 9.17) is 4.74 Å². The molecule has 2 aromatic heterocycles. The van der Waals surface area contributed by atoms with Gasteiger partial charge in [0.25, 0.3) is 0 Å². The summed E-state index contributed by atoms with van der Waals surface area (Å²) < 4.78 is 7.60. The van der Waals surface area contributed by atoms with E-state index in [-0.39, 0.29) is 17.9 Å². The maximum absolute atomic E-state index is 12.6. The van der Waals surface area contributed by atoms with Crippen molar-refractivity contribution in [3.05, 3.63) is 42.9 Å². The molecule has 5 rings (SSSR count). The maximum atomic E-state index is 12.6.